The molecule has 0 bridgehead atoms. The summed E-state index contributed by atoms with van der Waals surface area (Å²) in [5.41, 5.74) is 1.37. The standard InChI is InChI=1S/C14H24N4O2/c1-11-8-18-12(10-17-11)9-15-6-5-7-16-13(19)20-14(2,3)4/h8,10,15H,5-7,9H2,1-4H3,(H,16,19). The molecule has 0 fully saturated rings. The van der Waals surface area contributed by atoms with Gasteiger partial charge in [-0.3, -0.25) is 9.97 Å². The Kier molecular flexibility index (Phi) is 6.38. The third kappa shape index (κ3) is 7.68. The second kappa shape index (κ2) is 7.79. The van der Waals surface area contributed by atoms with E-state index in [0.717, 1.165) is 24.4 Å². The fourth-order valence-corrected chi connectivity index (χ4v) is 1.45. The highest BCUT2D eigenvalue weighted by Gasteiger charge is 2.15. The number of nitrogens with one attached hydrogen (secondary N) is 2. The average molecular weight is 280 g/mol. The molecule has 1 aromatic heterocycles. The van der Waals surface area contributed by atoms with Crippen molar-refractivity contribution in [2.45, 2.75) is 46.3 Å². The highest BCUT2D eigenvalue weighted by atomic mass is 16.6. The zero-order valence-corrected chi connectivity index (χ0v) is 12.7. The van der Waals surface area contributed by atoms with Crippen molar-refractivity contribution in [3.8, 4) is 0 Å². The maximum Gasteiger partial charge on any atom is 0.407 e. The minimum Gasteiger partial charge on any atom is -0.444 e. The molecule has 1 heterocycles. The topological polar surface area (TPSA) is 76.1 Å². The van der Waals surface area contributed by atoms with Crippen LogP contribution in [-0.4, -0.2) is 34.8 Å². The quantitative estimate of drug-likeness (QED) is 0.777. The molecule has 1 rings (SSSR count). The van der Waals surface area contributed by atoms with Gasteiger partial charge in [-0.05, 0) is 40.7 Å². The van der Waals surface area contributed by atoms with Crippen molar-refractivity contribution >= 4 is 6.09 Å². The van der Waals surface area contributed by atoms with Crippen LogP contribution in [0.2, 0.25) is 0 Å². The molecule has 112 valence electrons. The SMILES string of the molecule is Cc1cnc(CNCCCNC(=O)OC(C)(C)C)cn1. The van der Waals surface area contributed by atoms with Crippen molar-refractivity contribution in [2.24, 2.45) is 0 Å². The molecule has 0 saturated carbocycles. The van der Waals surface area contributed by atoms with Gasteiger partial charge in [0.2, 0.25) is 0 Å². The molecule has 0 aliphatic heterocycles. The van der Waals surface area contributed by atoms with E-state index in [9.17, 15) is 4.79 Å². The summed E-state index contributed by atoms with van der Waals surface area (Å²) in [6.07, 6.45) is 3.97. The molecule has 0 aromatic carbocycles. The molecule has 0 radical (unpaired) electrons. The highest BCUT2D eigenvalue weighted by Crippen LogP contribution is 2.06. The lowest BCUT2D eigenvalue weighted by molar-refractivity contribution is 0.0527. The summed E-state index contributed by atoms with van der Waals surface area (Å²) in [7, 11) is 0. The zero-order chi connectivity index (χ0) is 15.0. The second-order valence-electron chi connectivity index (χ2n) is 5.61. The lowest BCUT2D eigenvalue weighted by atomic mass is 10.2. The normalized spacial score (nSPS) is 11.2. The molecule has 0 unspecified atom stereocenters. The van der Waals surface area contributed by atoms with Crippen LogP contribution in [0.1, 0.15) is 38.6 Å². The monoisotopic (exact) mass is 280 g/mol. The molecule has 6 heteroatoms. The van der Waals surface area contributed by atoms with Gasteiger partial charge in [0, 0.05) is 25.5 Å². The zero-order valence-electron chi connectivity index (χ0n) is 12.7. The molecule has 0 aliphatic rings. The van der Waals surface area contributed by atoms with E-state index in [1.807, 2.05) is 27.7 Å². The number of amides is 1. The van der Waals surface area contributed by atoms with Crippen LogP contribution < -0.4 is 10.6 Å². The molecule has 6 nitrogen and oxygen atoms in total. The van der Waals surface area contributed by atoms with Crippen molar-refractivity contribution in [2.75, 3.05) is 13.1 Å². The summed E-state index contributed by atoms with van der Waals surface area (Å²) in [5, 5.41) is 5.96. The van der Waals surface area contributed by atoms with Crippen LogP contribution in [0.3, 0.4) is 0 Å². The van der Waals surface area contributed by atoms with E-state index in [0.29, 0.717) is 13.1 Å². The number of ether oxygens (including phenoxy) is 1. The van der Waals surface area contributed by atoms with E-state index in [4.69, 9.17) is 4.74 Å². The summed E-state index contributed by atoms with van der Waals surface area (Å²) in [4.78, 5) is 19.8. The van der Waals surface area contributed by atoms with E-state index < -0.39 is 5.60 Å². The van der Waals surface area contributed by atoms with Gasteiger partial charge in [0.25, 0.3) is 0 Å². The fraction of sp³-hybridized carbons (Fsp3) is 0.643. The summed E-state index contributed by atoms with van der Waals surface area (Å²) in [5.74, 6) is 0. The smallest absolute Gasteiger partial charge is 0.407 e. The Labute approximate surface area is 120 Å². The van der Waals surface area contributed by atoms with Crippen molar-refractivity contribution in [3.05, 3.63) is 23.8 Å². The maximum atomic E-state index is 11.4. The first-order valence-electron chi connectivity index (χ1n) is 6.82. The number of hydrogen-bond donors (Lipinski definition) is 2. The Morgan fingerprint density at radius 3 is 2.60 bits per heavy atom. The number of hydrogen-bond acceptors (Lipinski definition) is 5. The molecular formula is C14H24N4O2. The van der Waals surface area contributed by atoms with Gasteiger partial charge in [-0.15, -0.1) is 0 Å². The van der Waals surface area contributed by atoms with Crippen LogP contribution >= 0.6 is 0 Å². The van der Waals surface area contributed by atoms with Crippen molar-refractivity contribution in [3.63, 3.8) is 0 Å². The van der Waals surface area contributed by atoms with Gasteiger partial charge in [-0.1, -0.05) is 0 Å². The largest absolute Gasteiger partial charge is 0.444 e. The number of rotatable bonds is 6. The van der Waals surface area contributed by atoms with Gasteiger partial charge in [-0.2, -0.15) is 0 Å². The van der Waals surface area contributed by atoms with Crippen LogP contribution in [0.25, 0.3) is 0 Å². The first-order chi connectivity index (χ1) is 9.37. The third-order valence-electron chi connectivity index (χ3n) is 2.34. The molecule has 2 N–H and O–H groups in total. The lowest BCUT2D eigenvalue weighted by Crippen LogP contribution is -2.33. The van der Waals surface area contributed by atoms with Gasteiger partial charge >= 0.3 is 6.09 Å². The predicted octanol–water partition coefficient (Wildman–Crippen LogP) is 1.79. The lowest BCUT2D eigenvalue weighted by Gasteiger charge is -2.19. The molecular weight excluding hydrogens is 256 g/mol. The molecule has 1 amide bonds. The number of carbonyl (C=O) groups excluding carboxylic acids is 1. The van der Waals surface area contributed by atoms with Crippen molar-refractivity contribution in [1.82, 2.24) is 20.6 Å². The predicted molar refractivity (Wildman–Crippen MR) is 77.3 cm³/mol. The van der Waals surface area contributed by atoms with Crippen LogP contribution in [0.4, 0.5) is 4.79 Å². The molecule has 1 aromatic rings. The number of aromatic nitrogens is 2. The number of carbonyl (C=O) groups is 1. The van der Waals surface area contributed by atoms with E-state index in [-0.39, 0.29) is 6.09 Å². The van der Waals surface area contributed by atoms with E-state index in [1.54, 1.807) is 12.4 Å². The summed E-state index contributed by atoms with van der Waals surface area (Å²) in [6.45, 7) is 9.50. The van der Waals surface area contributed by atoms with Crippen LogP contribution in [0.5, 0.6) is 0 Å². The molecule has 0 spiro atoms. The van der Waals surface area contributed by atoms with Gasteiger partial charge in [0.15, 0.2) is 0 Å². The van der Waals surface area contributed by atoms with Crippen molar-refractivity contribution < 1.29 is 9.53 Å². The summed E-state index contributed by atoms with van der Waals surface area (Å²) < 4.78 is 5.14. The Balaban J connectivity index is 2.05. The van der Waals surface area contributed by atoms with Crippen LogP contribution in [0.15, 0.2) is 12.4 Å². The number of alkyl carbamates (subject to hydrolysis) is 1. The van der Waals surface area contributed by atoms with Gasteiger partial charge in [0.1, 0.15) is 5.60 Å². The van der Waals surface area contributed by atoms with Crippen molar-refractivity contribution in [1.29, 1.82) is 0 Å². The first kappa shape index (κ1) is 16.4. The Bertz CT molecular complexity index is 412. The maximum absolute atomic E-state index is 11.4. The Morgan fingerprint density at radius 2 is 2.00 bits per heavy atom. The van der Waals surface area contributed by atoms with Gasteiger partial charge < -0.3 is 15.4 Å². The fourth-order valence-electron chi connectivity index (χ4n) is 1.45. The third-order valence-corrected chi connectivity index (χ3v) is 2.34. The molecule has 0 aliphatic carbocycles. The van der Waals surface area contributed by atoms with Crippen LogP contribution in [-0.2, 0) is 11.3 Å². The molecule has 20 heavy (non-hydrogen) atoms. The molecule has 0 saturated heterocycles. The van der Waals surface area contributed by atoms with E-state index in [2.05, 4.69) is 20.6 Å². The number of nitrogens with zero attached hydrogens (tertiary/aromatic N) is 2. The Hall–Kier alpha value is -1.69. The van der Waals surface area contributed by atoms with E-state index in [1.165, 1.54) is 0 Å². The first-order valence-corrected chi connectivity index (χ1v) is 6.82. The summed E-state index contributed by atoms with van der Waals surface area (Å²) in [6, 6.07) is 0. The minimum atomic E-state index is -0.452. The van der Waals surface area contributed by atoms with Crippen LogP contribution in [0, 0.1) is 6.92 Å². The molecule has 0 atom stereocenters. The average Bonchev–Trinajstić information content (AvgIpc) is 2.33. The van der Waals surface area contributed by atoms with E-state index >= 15 is 0 Å². The minimum absolute atomic E-state index is 0.373. The Morgan fingerprint density at radius 1 is 1.25 bits per heavy atom. The van der Waals surface area contributed by atoms with Gasteiger partial charge in [-0.25, -0.2) is 4.79 Å². The van der Waals surface area contributed by atoms with Gasteiger partial charge in [0.05, 0.1) is 11.4 Å². The summed E-state index contributed by atoms with van der Waals surface area (Å²) >= 11 is 0. The highest BCUT2D eigenvalue weighted by molar-refractivity contribution is 5.67. The number of aryl methyl sites for hydroxylation is 1. The second-order valence-corrected chi connectivity index (χ2v) is 5.61.